The average molecular weight is 317 g/mol. The van der Waals surface area contributed by atoms with E-state index in [0.717, 1.165) is 16.5 Å². The summed E-state index contributed by atoms with van der Waals surface area (Å²) in [7, 11) is 0. The van der Waals surface area contributed by atoms with E-state index < -0.39 is 11.7 Å². The van der Waals surface area contributed by atoms with Crippen molar-refractivity contribution in [1.82, 2.24) is 10.3 Å². The molecule has 0 aliphatic carbocycles. The van der Waals surface area contributed by atoms with Gasteiger partial charge in [-0.3, -0.25) is 4.98 Å². The number of hydrogen-bond donors (Lipinski definition) is 1. The van der Waals surface area contributed by atoms with Crippen LogP contribution in [0.3, 0.4) is 0 Å². The Morgan fingerprint density at radius 2 is 2.14 bits per heavy atom. The highest BCUT2D eigenvalue weighted by Gasteiger charge is 2.14. The highest BCUT2D eigenvalue weighted by molar-refractivity contribution is 6.35. The van der Waals surface area contributed by atoms with E-state index in [1.807, 2.05) is 39.0 Å². The van der Waals surface area contributed by atoms with Gasteiger partial charge in [0, 0.05) is 17.1 Å². The van der Waals surface area contributed by atoms with Gasteiger partial charge in [-0.15, -0.1) is 0 Å². The molecule has 0 bridgehead atoms. The molecule has 0 radical (unpaired) electrons. The van der Waals surface area contributed by atoms with E-state index in [0.29, 0.717) is 5.02 Å². The van der Waals surface area contributed by atoms with E-state index in [-0.39, 0.29) is 6.54 Å². The SMILES string of the molecule is CC(C)(C)OC(=O)NCC#Cc1ccc2c(Cl)ccnc2c1. The van der Waals surface area contributed by atoms with E-state index in [1.165, 1.54) is 0 Å². The lowest BCUT2D eigenvalue weighted by atomic mass is 10.1. The zero-order valence-corrected chi connectivity index (χ0v) is 13.5. The fourth-order valence-electron chi connectivity index (χ4n) is 1.77. The van der Waals surface area contributed by atoms with Gasteiger partial charge in [0.15, 0.2) is 0 Å². The van der Waals surface area contributed by atoms with Crippen molar-refractivity contribution in [2.24, 2.45) is 0 Å². The number of halogens is 1. The third-order valence-corrected chi connectivity index (χ3v) is 2.97. The molecule has 0 aliphatic rings. The van der Waals surface area contributed by atoms with E-state index >= 15 is 0 Å². The number of nitrogens with zero attached hydrogens (tertiary/aromatic N) is 1. The fraction of sp³-hybridized carbons (Fsp3) is 0.294. The van der Waals surface area contributed by atoms with Gasteiger partial charge in [-0.1, -0.05) is 29.5 Å². The number of ether oxygens (including phenoxy) is 1. The highest BCUT2D eigenvalue weighted by Crippen LogP contribution is 2.21. The highest BCUT2D eigenvalue weighted by atomic mass is 35.5. The van der Waals surface area contributed by atoms with Crippen LogP contribution in [0.4, 0.5) is 4.79 Å². The second-order valence-electron chi connectivity index (χ2n) is 5.68. The molecule has 5 heteroatoms. The molecule has 0 spiro atoms. The van der Waals surface area contributed by atoms with Gasteiger partial charge in [-0.2, -0.15) is 0 Å². The van der Waals surface area contributed by atoms with Crippen LogP contribution < -0.4 is 5.32 Å². The van der Waals surface area contributed by atoms with Crippen molar-refractivity contribution >= 4 is 28.6 Å². The number of benzene rings is 1. The second kappa shape index (κ2) is 6.67. The van der Waals surface area contributed by atoms with Gasteiger partial charge < -0.3 is 10.1 Å². The molecule has 1 aromatic carbocycles. The number of amides is 1. The summed E-state index contributed by atoms with van der Waals surface area (Å²) in [5.41, 5.74) is 1.09. The number of nitrogens with one attached hydrogen (secondary N) is 1. The number of carbonyl (C=O) groups excluding carboxylic acids is 1. The van der Waals surface area contributed by atoms with Gasteiger partial charge >= 0.3 is 6.09 Å². The number of fused-ring (bicyclic) bond motifs is 1. The lowest BCUT2D eigenvalue weighted by Crippen LogP contribution is -2.32. The van der Waals surface area contributed by atoms with Crippen LogP contribution in [0, 0.1) is 11.8 Å². The minimum atomic E-state index is -0.513. The molecule has 4 nitrogen and oxygen atoms in total. The Balaban J connectivity index is 1.99. The number of pyridine rings is 1. The molecular weight excluding hydrogens is 300 g/mol. The predicted molar refractivity (Wildman–Crippen MR) is 87.9 cm³/mol. The predicted octanol–water partition coefficient (Wildman–Crippen LogP) is 3.76. The molecule has 0 atom stereocenters. The maximum atomic E-state index is 11.5. The van der Waals surface area contributed by atoms with E-state index in [4.69, 9.17) is 16.3 Å². The van der Waals surface area contributed by atoms with Crippen molar-refractivity contribution in [2.45, 2.75) is 26.4 Å². The summed E-state index contributed by atoms with van der Waals surface area (Å²) in [5.74, 6) is 5.85. The lowest BCUT2D eigenvalue weighted by Gasteiger charge is -2.18. The number of carbonyl (C=O) groups is 1. The maximum Gasteiger partial charge on any atom is 0.408 e. The largest absolute Gasteiger partial charge is 0.444 e. The van der Waals surface area contributed by atoms with Crippen molar-refractivity contribution in [3.8, 4) is 11.8 Å². The molecule has 1 amide bonds. The van der Waals surface area contributed by atoms with Crippen LogP contribution >= 0.6 is 11.6 Å². The number of aromatic nitrogens is 1. The summed E-state index contributed by atoms with van der Waals surface area (Å²) >= 11 is 6.09. The van der Waals surface area contributed by atoms with Crippen LogP contribution in [0.5, 0.6) is 0 Å². The third-order valence-electron chi connectivity index (χ3n) is 2.64. The van der Waals surface area contributed by atoms with Crippen LogP contribution in [0.25, 0.3) is 10.9 Å². The summed E-state index contributed by atoms with van der Waals surface area (Å²) in [5, 5.41) is 4.14. The first kappa shape index (κ1) is 16.1. The first-order valence-electron chi connectivity index (χ1n) is 6.85. The molecule has 0 fully saturated rings. The maximum absolute atomic E-state index is 11.5. The zero-order valence-electron chi connectivity index (χ0n) is 12.7. The van der Waals surface area contributed by atoms with Gasteiger partial charge in [0.2, 0.25) is 0 Å². The first-order chi connectivity index (χ1) is 10.3. The molecule has 0 saturated heterocycles. The Hall–Kier alpha value is -2.25. The quantitative estimate of drug-likeness (QED) is 0.815. The summed E-state index contributed by atoms with van der Waals surface area (Å²) in [6.45, 7) is 5.65. The normalized spacial score (nSPS) is 10.7. The Kier molecular flexibility index (Phi) is 4.89. The van der Waals surface area contributed by atoms with Crippen LogP contribution in [0.15, 0.2) is 30.5 Å². The first-order valence-corrected chi connectivity index (χ1v) is 7.23. The molecule has 2 aromatic rings. The average Bonchev–Trinajstić information content (AvgIpc) is 2.42. The number of rotatable bonds is 1. The van der Waals surface area contributed by atoms with Gasteiger partial charge in [0.1, 0.15) is 5.60 Å². The summed E-state index contributed by atoms with van der Waals surface area (Å²) in [6, 6.07) is 7.37. The Morgan fingerprint density at radius 1 is 1.36 bits per heavy atom. The van der Waals surface area contributed by atoms with Gasteiger partial charge in [0.05, 0.1) is 17.1 Å². The van der Waals surface area contributed by atoms with Gasteiger partial charge in [-0.05, 0) is 39.0 Å². The molecule has 22 heavy (non-hydrogen) atoms. The lowest BCUT2D eigenvalue weighted by molar-refractivity contribution is 0.0535. The van der Waals surface area contributed by atoms with Crippen LogP contribution in [0.2, 0.25) is 5.02 Å². The molecular formula is C17H17ClN2O2. The number of hydrogen-bond acceptors (Lipinski definition) is 3. The Bertz CT molecular complexity index is 755. The van der Waals surface area contributed by atoms with Gasteiger partial charge in [-0.25, -0.2) is 4.79 Å². The van der Waals surface area contributed by atoms with E-state index in [9.17, 15) is 4.79 Å². The Labute approximate surface area is 134 Å². The number of alkyl carbamates (subject to hydrolysis) is 1. The molecule has 0 aliphatic heterocycles. The van der Waals surface area contributed by atoms with E-state index in [1.54, 1.807) is 12.3 Å². The molecule has 1 aromatic heterocycles. The van der Waals surface area contributed by atoms with Crippen molar-refractivity contribution < 1.29 is 9.53 Å². The molecule has 1 N–H and O–H groups in total. The van der Waals surface area contributed by atoms with Crippen LogP contribution in [-0.4, -0.2) is 23.2 Å². The zero-order chi connectivity index (χ0) is 16.2. The van der Waals surface area contributed by atoms with Gasteiger partial charge in [0.25, 0.3) is 0 Å². The molecule has 2 rings (SSSR count). The Morgan fingerprint density at radius 3 is 2.86 bits per heavy atom. The summed E-state index contributed by atoms with van der Waals surface area (Å²) in [4.78, 5) is 15.7. The van der Waals surface area contributed by atoms with Crippen LogP contribution in [-0.2, 0) is 4.74 Å². The fourth-order valence-corrected chi connectivity index (χ4v) is 1.98. The molecule has 114 valence electrons. The summed E-state index contributed by atoms with van der Waals surface area (Å²) < 4.78 is 5.12. The molecule has 1 heterocycles. The topological polar surface area (TPSA) is 51.2 Å². The minimum absolute atomic E-state index is 0.218. The van der Waals surface area contributed by atoms with Crippen molar-refractivity contribution in [3.63, 3.8) is 0 Å². The second-order valence-corrected chi connectivity index (χ2v) is 6.09. The smallest absolute Gasteiger partial charge is 0.408 e. The van der Waals surface area contributed by atoms with Crippen molar-refractivity contribution in [2.75, 3.05) is 6.54 Å². The molecule has 0 unspecified atom stereocenters. The monoisotopic (exact) mass is 316 g/mol. The van der Waals surface area contributed by atoms with Crippen molar-refractivity contribution in [1.29, 1.82) is 0 Å². The standard InChI is InChI=1S/C17H17ClN2O2/c1-17(2,3)22-16(21)20-9-4-5-12-6-7-13-14(18)8-10-19-15(13)11-12/h6-8,10-11H,9H2,1-3H3,(H,20,21). The minimum Gasteiger partial charge on any atom is -0.444 e. The molecule has 0 saturated carbocycles. The van der Waals surface area contributed by atoms with Crippen molar-refractivity contribution in [3.05, 3.63) is 41.0 Å². The van der Waals surface area contributed by atoms with Crippen LogP contribution in [0.1, 0.15) is 26.3 Å². The summed E-state index contributed by atoms with van der Waals surface area (Å²) in [6.07, 6.45) is 1.18. The van der Waals surface area contributed by atoms with E-state index in [2.05, 4.69) is 22.1 Å². The third kappa shape index (κ3) is 4.64.